The molecule has 0 amide bonds. The van der Waals surface area contributed by atoms with E-state index < -0.39 is 0 Å². The van der Waals surface area contributed by atoms with E-state index in [9.17, 15) is 9.59 Å². The lowest BCUT2D eigenvalue weighted by Gasteiger charge is -2.33. The van der Waals surface area contributed by atoms with Crippen molar-refractivity contribution in [3.63, 3.8) is 0 Å². The predicted octanol–water partition coefficient (Wildman–Crippen LogP) is 13.9. The minimum absolute atomic E-state index is 0.0442. The number of hydrogen-bond donors (Lipinski definition) is 0. The Morgan fingerprint density at radius 1 is 0.727 bits per heavy atom. The zero-order chi connectivity index (χ0) is 39.7. The minimum atomic E-state index is -0.197. The molecule has 5 aromatic carbocycles. The first-order valence-corrected chi connectivity index (χ1v) is 19.2. The second-order valence-electron chi connectivity index (χ2n) is 16.7. The van der Waals surface area contributed by atoms with Crippen molar-refractivity contribution < 1.29 is 9.59 Å². The van der Waals surface area contributed by atoms with E-state index in [-0.39, 0.29) is 16.6 Å². The Bertz CT molecular complexity index is 2390. The van der Waals surface area contributed by atoms with Gasteiger partial charge in [-0.05, 0) is 129 Å². The smallest absolute Gasteiger partial charge is 0.189 e. The third-order valence-corrected chi connectivity index (χ3v) is 10.7. The maximum absolute atomic E-state index is 13.7. The fourth-order valence-corrected chi connectivity index (χ4v) is 7.42. The molecule has 3 nitrogen and oxygen atoms in total. The van der Waals surface area contributed by atoms with E-state index in [1.165, 1.54) is 38.7 Å². The molecular formula is C52H53NO2. The van der Waals surface area contributed by atoms with Crippen molar-refractivity contribution >= 4 is 58.5 Å². The molecule has 1 heterocycles. The van der Waals surface area contributed by atoms with Crippen LogP contribution in [0.25, 0.3) is 35.1 Å². The summed E-state index contributed by atoms with van der Waals surface area (Å²) in [6.07, 6.45) is 12.4. The van der Waals surface area contributed by atoms with Gasteiger partial charge in [-0.1, -0.05) is 140 Å². The minimum Gasteiger partial charge on any atom is -0.309 e. The van der Waals surface area contributed by atoms with Crippen molar-refractivity contribution in [2.45, 2.75) is 79.1 Å². The highest BCUT2D eigenvalue weighted by Crippen LogP contribution is 2.46. The quantitative estimate of drug-likeness (QED) is 0.0909. The van der Waals surface area contributed by atoms with Gasteiger partial charge in [-0.15, -0.1) is 0 Å². The third-order valence-electron chi connectivity index (χ3n) is 10.7. The van der Waals surface area contributed by atoms with Gasteiger partial charge < -0.3 is 4.90 Å². The number of rotatable bonds is 8. The molecule has 6 rings (SSSR count). The molecular weight excluding hydrogens is 671 g/mol. The van der Waals surface area contributed by atoms with Crippen LogP contribution in [0.15, 0.2) is 127 Å². The maximum Gasteiger partial charge on any atom is 0.189 e. The topological polar surface area (TPSA) is 37.4 Å². The van der Waals surface area contributed by atoms with Gasteiger partial charge in [-0.25, -0.2) is 0 Å². The Kier molecular flexibility index (Phi) is 11.0. The van der Waals surface area contributed by atoms with Gasteiger partial charge in [0.25, 0.3) is 0 Å². The second-order valence-corrected chi connectivity index (χ2v) is 16.7. The molecule has 0 fully saturated rings. The highest BCUT2D eigenvalue weighted by atomic mass is 16.1. The number of carbonyl (C=O) groups is 2. The van der Waals surface area contributed by atoms with Crippen LogP contribution in [0.5, 0.6) is 0 Å². The van der Waals surface area contributed by atoms with Crippen LogP contribution in [0.4, 0.5) is 11.4 Å². The van der Waals surface area contributed by atoms with E-state index >= 15 is 0 Å². The van der Waals surface area contributed by atoms with Gasteiger partial charge in [0.15, 0.2) is 12.1 Å². The Morgan fingerprint density at radius 3 is 1.95 bits per heavy atom. The molecule has 0 N–H and O–H groups in total. The van der Waals surface area contributed by atoms with Crippen LogP contribution in [0.3, 0.4) is 0 Å². The highest BCUT2D eigenvalue weighted by Gasteiger charge is 2.29. The molecule has 0 spiro atoms. The predicted molar refractivity (Wildman–Crippen MR) is 236 cm³/mol. The number of Topliss-reactive ketones (excluding diaryl/α,β-unsaturated/α-hetero) is 1. The fraction of sp³-hybridized carbons (Fsp3) is 0.231. The summed E-state index contributed by atoms with van der Waals surface area (Å²) in [4.78, 5) is 28.1. The zero-order valence-electron chi connectivity index (χ0n) is 33.7. The van der Waals surface area contributed by atoms with Crippen LogP contribution < -0.4 is 4.90 Å². The van der Waals surface area contributed by atoms with E-state index in [4.69, 9.17) is 0 Å². The summed E-state index contributed by atoms with van der Waals surface area (Å²) in [7, 11) is 0. The summed E-state index contributed by atoms with van der Waals surface area (Å²) < 4.78 is 0. The van der Waals surface area contributed by atoms with E-state index in [2.05, 4.69) is 158 Å². The first-order valence-electron chi connectivity index (χ1n) is 19.2. The Morgan fingerprint density at radius 2 is 1.35 bits per heavy atom. The number of benzene rings is 5. The average molecular weight is 724 g/mol. The Hall–Kier alpha value is -5.80. The lowest BCUT2D eigenvalue weighted by Crippen LogP contribution is -2.22. The number of carbonyl (C=O) groups excluding carboxylic acids is 2. The molecule has 1 aliphatic heterocycles. The van der Waals surface area contributed by atoms with Crippen molar-refractivity contribution in [2.75, 3.05) is 4.90 Å². The molecule has 1 aliphatic rings. The maximum atomic E-state index is 13.7. The average Bonchev–Trinajstić information content (AvgIpc) is 3.33. The van der Waals surface area contributed by atoms with Gasteiger partial charge in [0.2, 0.25) is 0 Å². The zero-order valence-corrected chi connectivity index (χ0v) is 33.7. The Balaban J connectivity index is 1.50. The molecule has 0 atom stereocenters. The third kappa shape index (κ3) is 8.03. The monoisotopic (exact) mass is 723 g/mol. The van der Waals surface area contributed by atoms with Gasteiger partial charge in [0.1, 0.15) is 0 Å². The molecule has 0 saturated carbocycles. The summed E-state index contributed by atoms with van der Waals surface area (Å²) in [5, 5.41) is 2.45. The van der Waals surface area contributed by atoms with Crippen molar-refractivity contribution in [1.82, 2.24) is 0 Å². The van der Waals surface area contributed by atoms with Crippen LogP contribution in [-0.2, 0) is 17.3 Å². The summed E-state index contributed by atoms with van der Waals surface area (Å²) in [6, 6.07) is 32.2. The highest BCUT2D eigenvalue weighted by molar-refractivity contribution is 6.15. The van der Waals surface area contributed by atoms with Crippen LogP contribution in [0.2, 0.25) is 0 Å². The molecule has 0 aromatic heterocycles. The van der Waals surface area contributed by atoms with Crippen LogP contribution in [0, 0.1) is 0 Å². The first kappa shape index (κ1) is 38.9. The first-order chi connectivity index (χ1) is 26.2. The number of allylic oxidation sites excluding steroid dienone is 3. The van der Waals surface area contributed by atoms with Gasteiger partial charge in [-0.2, -0.15) is 0 Å². The number of fused-ring (bicyclic) bond motifs is 3. The summed E-state index contributed by atoms with van der Waals surface area (Å²) in [5.41, 5.74) is 13.4. The number of ketones is 1. The number of aldehydes is 1. The SMILES string of the molecule is C=Cc1cc(C=O)c(C(=O)/C(C)=C\c2ccc(/C=C3\C(=C/C)CCc4ccc5ccccc5c4N3c3cc(C(C)(C)C)cc(C(C)(C)C)c3)cc2)cc1C=C. The lowest BCUT2D eigenvalue weighted by molar-refractivity contribution is 0.102. The summed E-state index contributed by atoms with van der Waals surface area (Å²) in [5.74, 6) is -0.197. The molecule has 0 aliphatic carbocycles. The van der Waals surface area contributed by atoms with Gasteiger partial charge >= 0.3 is 0 Å². The molecule has 0 saturated heterocycles. The van der Waals surface area contributed by atoms with E-state index in [0.29, 0.717) is 16.7 Å². The van der Waals surface area contributed by atoms with E-state index in [0.717, 1.165) is 52.8 Å². The van der Waals surface area contributed by atoms with Crippen LogP contribution >= 0.6 is 0 Å². The second kappa shape index (κ2) is 15.5. The van der Waals surface area contributed by atoms with Gasteiger partial charge in [-0.3, -0.25) is 9.59 Å². The lowest BCUT2D eigenvalue weighted by atomic mass is 9.80. The van der Waals surface area contributed by atoms with Crippen molar-refractivity contribution in [3.8, 4) is 0 Å². The molecule has 278 valence electrons. The number of hydrogen-bond acceptors (Lipinski definition) is 3. The van der Waals surface area contributed by atoms with Crippen molar-refractivity contribution in [2.24, 2.45) is 0 Å². The normalized spacial score (nSPS) is 15.2. The van der Waals surface area contributed by atoms with Crippen molar-refractivity contribution in [1.29, 1.82) is 0 Å². The molecule has 55 heavy (non-hydrogen) atoms. The fourth-order valence-electron chi connectivity index (χ4n) is 7.42. The van der Waals surface area contributed by atoms with Crippen LogP contribution in [-0.4, -0.2) is 12.1 Å². The van der Waals surface area contributed by atoms with E-state index in [1.54, 1.807) is 31.2 Å². The number of aryl methyl sites for hydroxylation is 1. The largest absolute Gasteiger partial charge is 0.309 e. The molecule has 0 bridgehead atoms. The van der Waals surface area contributed by atoms with Crippen molar-refractivity contribution in [3.05, 3.63) is 177 Å². The number of anilines is 2. The molecule has 5 aromatic rings. The number of nitrogens with zero attached hydrogens (tertiary/aromatic N) is 1. The standard InChI is InChI=1S/C52H53NO2/c1-11-37-22-24-41-25-23-40-16-14-15-17-46(40)49(41)53(45-31-43(51(5,6)7)30-44(32-45)52(8,9)10)48(37)27-36-20-18-35(19-21-36)26-34(4)50(55)47-29-39(13-3)38(12-2)28-42(47)33-54/h11-21,23,25-33H,2-3,22,24H2,1,4-10H3/b34-26-,37-11-,48-27+. The molecule has 0 unspecified atom stereocenters. The van der Waals surface area contributed by atoms with E-state index in [1.807, 2.05) is 6.08 Å². The summed E-state index contributed by atoms with van der Waals surface area (Å²) in [6.45, 7) is 25.4. The van der Waals surface area contributed by atoms with Gasteiger partial charge in [0, 0.05) is 27.9 Å². The molecule has 0 radical (unpaired) electrons. The molecule has 3 heteroatoms. The summed E-state index contributed by atoms with van der Waals surface area (Å²) >= 11 is 0. The van der Waals surface area contributed by atoms with Crippen LogP contribution in [0.1, 0.15) is 121 Å². The van der Waals surface area contributed by atoms with Gasteiger partial charge in [0.05, 0.1) is 5.69 Å². The Labute approximate surface area is 328 Å².